The summed E-state index contributed by atoms with van der Waals surface area (Å²) in [5, 5.41) is 24.9. The molecule has 8 nitrogen and oxygen atoms in total. The van der Waals surface area contributed by atoms with E-state index in [1.807, 2.05) is 4.90 Å². The molecule has 0 atom stereocenters. The minimum Gasteiger partial charge on any atom is -0.477 e. The van der Waals surface area contributed by atoms with Crippen molar-refractivity contribution in [1.82, 2.24) is 9.78 Å². The molecule has 0 aliphatic carbocycles. The van der Waals surface area contributed by atoms with Crippen LogP contribution in [0.25, 0.3) is 11.1 Å². The topological polar surface area (TPSA) is 93.7 Å². The highest BCUT2D eigenvalue weighted by Crippen LogP contribution is 2.42. The Morgan fingerprint density at radius 2 is 2.03 bits per heavy atom. The maximum atomic E-state index is 12.6. The van der Waals surface area contributed by atoms with Crippen LogP contribution in [0.3, 0.4) is 0 Å². The standard InChI is InChI=1S/C18H21F3N4O4/c1-23-9-13(8-22-23)14-6-16(25(27)28)17(29-11-18(19,20)21)7-15(14)24-4-2-12(10-26)3-5-24/h6-9,12,26H,2-5,10-11H2,1H3. The minimum atomic E-state index is -4.62. The molecule has 158 valence electrons. The summed E-state index contributed by atoms with van der Waals surface area (Å²) in [5.74, 6) is -0.272. The number of nitro groups is 1. The molecule has 3 rings (SSSR count). The molecule has 11 heteroatoms. The molecule has 1 N–H and O–H groups in total. The van der Waals surface area contributed by atoms with Crippen LogP contribution in [-0.2, 0) is 7.05 Å². The molecule has 1 saturated heterocycles. The van der Waals surface area contributed by atoms with Crippen molar-refractivity contribution in [2.45, 2.75) is 19.0 Å². The molecular formula is C18H21F3N4O4. The first kappa shape index (κ1) is 20.9. The number of aryl methyl sites for hydroxylation is 1. The first-order valence-corrected chi connectivity index (χ1v) is 9.04. The molecule has 2 aromatic rings. The Hall–Kier alpha value is -2.82. The summed E-state index contributed by atoms with van der Waals surface area (Å²) in [4.78, 5) is 12.7. The van der Waals surface area contributed by atoms with Gasteiger partial charge >= 0.3 is 11.9 Å². The predicted molar refractivity (Wildman–Crippen MR) is 98.9 cm³/mol. The normalized spacial score (nSPS) is 15.6. The van der Waals surface area contributed by atoms with Crippen molar-refractivity contribution in [2.24, 2.45) is 13.0 Å². The van der Waals surface area contributed by atoms with E-state index in [1.165, 1.54) is 16.8 Å². The van der Waals surface area contributed by atoms with Crippen molar-refractivity contribution in [3.05, 3.63) is 34.6 Å². The van der Waals surface area contributed by atoms with Gasteiger partial charge in [-0.2, -0.15) is 18.3 Å². The number of piperidine rings is 1. The van der Waals surface area contributed by atoms with E-state index in [9.17, 15) is 28.4 Å². The lowest BCUT2D eigenvalue weighted by molar-refractivity contribution is -0.386. The number of aliphatic hydroxyl groups is 1. The number of hydrogen-bond donors (Lipinski definition) is 1. The van der Waals surface area contributed by atoms with Gasteiger partial charge in [-0.25, -0.2) is 0 Å². The molecule has 1 aliphatic heterocycles. The second-order valence-electron chi connectivity index (χ2n) is 7.01. The Balaban J connectivity index is 2.05. The maximum Gasteiger partial charge on any atom is 0.422 e. The molecule has 0 amide bonds. The third-order valence-electron chi connectivity index (χ3n) is 4.89. The Labute approximate surface area is 164 Å². The fraction of sp³-hybridized carbons (Fsp3) is 0.500. The molecule has 0 spiro atoms. The number of ether oxygens (including phenoxy) is 1. The minimum absolute atomic E-state index is 0.0729. The van der Waals surface area contributed by atoms with E-state index in [1.54, 1.807) is 19.4 Å². The lowest BCUT2D eigenvalue weighted by atomic mass is 9.96. The van der Waals surface area contributed by atoms with Gasteiger partial charge in [0, 0.05) is 61.9 Å². The van der Waals surface area contributed by atoms with Crippen LogP contribution in [0, 0.1) is 16.0 Å². The first-order chi connectivity index (χ1) is 13.7. The average molecular weight is 414 g/mol. The van der Waals surface area contributed by atoms with Crippen molar-refractivity contribution < 1.29 is 27.9 Å². The molecule has 0 radical (unpaired) electrons. The Bertz CT molecular complexity index is 876. The van der Waals surface area contributed by atoms with Crippen molar-refractivity contribution in [3.8, 4) is 16.9 Å². The molecule has 0 unspecified atom stereocenters. The lowest BCUT2D eigenvalue weighted by Crippen LogP contribution is -2.35. The van der Waals surface area contributed by atoms with E-state index in [2.05, 4.69) is 5.10 Å². The number of anilines is 1. The van der Waals surface area contributed by atoms with Crippen LogP contribution in [0.1, 0.15) is 12.8 Å². The van der Waals surface area contributed by atoms with E-state index in [4.69, 9.17) is 4.74 Å². The van der Waals surface area contributed by atoms with Gasteiger partial charge in [0.2, 0.25) is 0 Å². The largest absolute Gasteiger partial charge is 0.477 e. The number of hydrogen-bond acceptors (Lipinski definition) is 6. The van der Waals surface area contributed by atoms with E-state index in [-0.39, 0.29) is 12.5 Å². The number of halogens is 3. The Morgan fingerprint density at radius 1 is 1.34 bits per heavy atom. The molecule has 1 aromatic carbocycles. The lowest BCUT2D eigenvalue weighted by Gasteiger charge is -2.34. The molecule has 2 heterocycles. The number of alkyl halides is 3. The quantitative estimate of drug-likeness (QED) is 0.577. The van der Waals surface area contributed by atoms with Gasteiger partial charge in [-0.3, -0.25) is 14.8 Å². The van der Waals surface area contributed by atoms with Crippen molar-refractivity contribution in [2.75, 3.05) is 31.2 Å². The van der Waals surface area contributed by atoms with Gasteiger partial charge in [0.25, 0.3) is 0 Å². The van der Waals surface area contributed by atoms with Gasteiger partial charge < -0.3 is 14.7 Å². The number of aromatic nitrogens is 2. The van der Waals surface area contributed by atoms with Crippen LogP contribution in [0.5, 0.6) is 5.75 Å². The molecule has 29 heavy (non-hydrogen) atoms. The summed E-state index contributed by atoms with van der Waals surface area (Å²) in [6, 6.07) is 2.53. The zero-order chi connectivity index (χ0) is 21.2. The Morgan fingerprint density at radius 3 is 2.55 bits per heavy atom. The molecular weight excluding hydrogens is 393 g/mol. The van der Waals surface area contributed by atoms with Gasteiger partial charge in [0.15, 0.2) is 12.4 Å². The van der Waals surface area contributed by atoms with Crippen molar-refractivity contribution in [3.63, 3.8) is 0 Å². The summed E-state index contributed by atoms with van der Waals surface area (Å²) in [6.45, 7) is -0.417. The fourth-order valence-corrected chi connectivity index (χ4v) is 3.39. The first-order valence-electron chi connectivity index (χ1n) is 9.04. The van der Waals surface area contributed by atoms with Crippen molar-refractivity contribution in [1.29, 1.82) is 0 Å². The van der Waals surface area contributed by atoms with Gasteiger partial charge in [-0.15, -0.1) is 0 Å². The number of benzene rings is 1. The van der Waals surface area contributed by atoms with Gasteiger partial charge in [0.1, 0.15) is 0 Å². The number of nitro benzene ring substituents is 1. The van der Waals surface area contributed by atoms with Gasteiger partial charge in [-0.05, 0) is 18.8 Å². The average Bonchev–Trinajstić information content (AvgIpc) is 3.11. The summed E-state index contributed by atoms with van der Waals surface area (Å²) in [5.41, 5.74) is 1.10. The predicted octanol–water partition coefficient (Wildman–Crippen LogP) is 3.15. The second kappa shape index (κ2) is 8.27. The molecule has 1 aliphatic rings. The number of nitrogens with zero attached hydrogens (tertiary/aromatic N) is 4. The van der Waals surface area contributed by atoms with Gasteiger partial charge in [-0.1, -0.05) is 0 Å². The van der Waals surface area contributed by atoms with E-state index in [0.717, 1.165) is 0 Å². The Kier molecular flexibility index (Phi) is 5.96. The second-order valence-corrected chi connectivity index (χ2v) is 7.01. The fourth-order valence-electron chi connectivity index (χ4n) is 3.39. The van der Waals surface area contributed by atoms with Crippen LogP contribution in [-0.4, -0.2) is 52.3 Å². The monoisotopic (exact) mass is 414 g/mol. The van der Waals surface area contributed by atoms with Crippen LogP contribution in [0.4, 0.5) is 24.5 Å². The van der Waals surface area contributed by atoms with E-state index in [0.29, 0.717) is 42.7 Å². The smallest absolute Gasteiger partial charge is 0.422 e. The zero-order valence-electron chi connectivity index (χ0n) is 15.7. The summed E-state index contributed by atoms with van der Waals surface area (Å²) < 4.78 is 44.2. The molecule has 0 bridgehead atoms. The van der Waals surface area contributed by atoms with Crippen LogP contribution < -0.4 is 9.64 Å². The highest BCUT2D eigenvalue weighted by Gasteiger charge is 2.32. The van der Waals surface area contributed by atoms with E-state index >= 15 is 0 Å². The van der Waals surface area contributed by atoms with E-state index < -0.39 is 29.1 Å². The molecule has 1 aromatic heterocycles. The van der Waals surface area contributed by atoms with Crippen LogP contribution in [0.2, 0.25) is 0 Å². The summed E-state index contributed by atoms with van der Waals surface area (Å²) in [7, 11) is 1.70. The zero-order valence-corrected chi connectivity index (χ0v) is 15.7. The third-order valence-corrected chi connectivity index (χ3v) is 4.89. The summed E-state index contributed by atoms with van der Waals surface area (Å²) >= 11 is 0. The number of aliphatic hydroxyl groups excluding tert-OH is 1. The number of rotatable bonds is 6. The summed E-state index contributed by atoms with van der Waals surface area (Å²) in [6.07, 6.45) is 0.0193. The van der Waals surface area contributed by atoms with Crippen LogP contribution in [0.15, 0.2) is 24.5 Å². The van der Waals surface area contributed by atoms with Gasteiger partial charge in [0.05, 0.1) is 11.1 Å². The molecule has 0 saturated carbocycles. The maximum absolute atomic E-state index is 12.6. The highest BCUT2D eigenvalue weighted by atomic mass is 19.4. The van der Waals surface area contributed by atoms with Crippen LogP contribution >= 0.6 is 0 Å². The molecule has 1 fully saturated rings. The third kappa shape index (κ3) is 4.97. The highest BCUT2D eigenvalue weighted by molar-refractivity contribution is 5.82. The van der Waals surface area contributed by atoms with Crippen molar-refractivity contribution >= 4 is 11.4 Å². The SMILES string of the molecule is Cn1cc(-c2cc([N+](=O)[O-])c(OCC(F)(F)F)cc2N2CCC(CO)CC2)cn1.